The number of aliphatic hydroxyl groups is 1. The average molecular weight is 344 g/mol. The largest absolute Gasteiger partial charge is 0.496 e. The van der Waals surface area contributed by atoms with Crippen LogP contribution in [0.15, 0.2) is 16.5 Å². The zero-order chi connectivity index (χ0) is 18.0. The van der Waals surface area contributed by atoms with Gasteiger partial charge in [-0.15, -0.1) is 0 Å². The second-order valence-corrected chi connectivity index (χ2v) is 6.99. The van der Waals surface area contributed by atoms with Crippen molar-refractivity contribution in [1.29, 1.82) is 0 Å². The maximum Gasteiger partial charge on any atom is 0.226 e. The highest BCUT2D eigenvalue weighted by molar-refractivity contribution is 5.63. The van der Waals surface area contributed by atoms with E-state index in [1.54, 1.807) is 7.11 Å². The second kappa shape index (κ2) is 7.58. The number of hydrogen-bond donors (Lipinski definition) is 1. The minimum Gasteiger partial charge on any atom is -0.496 e. The first kappa shape index (κ1) is 18.0. The molecule has 5 heteroatoms. The van der Waals surface area contributed by atoms with Crippen molar-refractivity contribution in [2.75, 3.05) is 26.8 Å². The van der Waals surface area contributed by atoms with E-state index >= 15 is 0 Å². The fraction of sp³-hybridized carbons (Fsp3) is 0.550. The molecule has 25 heavy (non-hydrogen) atoms. The van der Waals surface area contributed by atoms with Crippen LogP contribution >= 0.6 is 0 Å². The average Bonchev–Trinajstić information content (AvgIpc) is 2.98. The number of piperidine rings is 1. The molecule has 2 heterocycles. The van der Waals surface area contributed by atoms with Crippen LogP contribution in [-0.2, 0) is 6.54 Å². The molecule has 3 rings (SSSR count). The third-order valence-corrected chi connectivity index (χ3v) is 5.42. The number of hydrogen-bond acceptors (Lipinski definition) is 5. The first-order chi connectivity index (χ1) is 12.0. The Hall–Kier alpha value is -1.85. The van der Waals surface area contributed by atoms with E-state index in [0.29, 0.717) is 18.4 Å². The van der Waals surface area contributed by atoms with E-state index < -0.39 is 0 Å². The maximum absolute atomic E-state index is 9.27. The molecule has 0 aliphatic carbocycles. The van der Waals surface area contributed by atoms with E-state index in [1.165, 1.54) is 0 Å². The zero-order valence-corrected chi connectivity index (χ0v) is 15.6. The summed E-state index contributed by atoms with van der Waals surface area (Å²) in [4.78, 5) is 7.17. The third kappa shape index (κ3) is 3.72. The molecule has 1 aliphatic heterocycles. The van der Waals surface area contributed by atoms with Gasteiger partial charge in [0.1, 0.15) is 11.5 Å². The number of rotatable bonds is 5. The van der Waals surface area contributed by atoms with Crippen molar-refractivity contribution in [2.45, 2.75) is 40.2 Å². The lowest BCUT2D eigenvalue weighted by molar-refractivity contribution is 0.126. The molecule has 5 nitrogen and oxygen atoms in total. The van der Waals surface area contributed by atoms with Crippen molar-refractivity contribution in [3.8, 4) is 17.2 Å². The summed E-state index contributed by atoms with van der Waals surface area (Å²) in [7, 11) is 1.69. The molecule has 0 unspecified atom stereocenters. The van der Waals surface area contributed by atoms with Gasteiger partial charge in [0.2, 0.25) is 5.89 Å². The fourth-order valence-electron chi connectivity index (χ4n) is 3.48. The van der Waals surface area contributed by atoms with E-state index in [0.717, 1.165) is 66.4 Å². The van der Waals surface area contributed by atoms with Crippen LogP contribution < -0.4 is 4.74 Å². The standard InChI is InChI=1S/C20H28N2O3/c1-13-14(2)19(24-4)6-5-17(13)20-21-18(15(3)25-20)11-22-9-7-16(12-23)8-10-22/h5-6,16,23H,7-12H2,1-4H3. The summed E-state index contributed by atoms with van der Waals surface area (Å²) in [5.74, 6) is 2.90. The van der Waals surface area contributed by atoms with Gasteiger partial charge in [-0.2, -0.15) is 0 Å². The molecule has 1 aromatic heterocycles. The fourth-order valence-corrected chi connectivity index (χ4v) is 3.48. The van der Waals surface area contributed by atoms with Crippen LogP contribution in [0.2, 0.25) is 0 Å². The smallest absolute Gasteiger partial charge is 0.226 e. The summed E-state index contributed by atoms with van der Waals surface area (Å²) in [6, 6.07) is 3.99. The van der Waals surface area contributed by atoms with Gasteiger partial charge in [-0.1, -0.05) is 0 Å². The number of oxazole rings is 1. The van der Waals surface area contributed by atoms with Gasteiger partial charge in [0.25, 0.3) is 0 Å². The second-order valence-electron chi connectivity index (χ2n) is 6.99. The molecule has 0 radical (unpaired) electrons. The molecule has 1 aliphatic rings. The van der Waals surface area contributed by atoms with Gasteiger partial charge >= 0.3 is 0 Å². The van der Waals surface area contributed by atoms with Crippen molar-refractivity contribution in [3.63, 3.8) is 0 Å². The Labute approximate surface area is 149 Å². The van der Waals surface area contributed by atoms with Crippen molar-refractivity contribution >= 4 is 0 Å². The molecule has 1 fully saturated rings. The Kier molecular flexibility index (Phi) is 5.45. The Morgan fingerprint density at radius 2 is 1.92 bits per heavy atom. The van der Waals surface area contributed by atoms with Crippen LogP contribution in [0.5, 0.6) is 5.75 Å². The SMILES string of the molecule is COc1ccc(-c2nc(CN3CCC(CO)CC3)c(C)o2)c(C)c1C. The van der Waals surface area contributed by atoms with Crippen molar-refractivity contribution in [3.05, 3.63) is 34.7 Å². The summed E-state index contributed by atoms with van der Waals surface area (Å²) >= 11 is 0. The molecule has 0 bridgehead atoms. The summed E-state index contributed by atoms with van der Waals surface area (Å²) in [6.07, 6.45) is 2.11. The van der Waals surface area contributed by atoms with Gasteiger partial charge in [-0.25, -0.2) is 4.98 Å². The molecule has 1 saturated heterocycles. The van der Waals surface area contributed by atoms with E-state index in [-0.39, 0.29) is 0 Å². The number of likely N-dealkylation sites (tertiary alicyclic amines) is 1. The van der Waals surface area contributed by atoms with Crippen LogP contribution in [0.4, 0.5) is 0 Å². The number of aryl methyl sites for hydroxylation is 1. The number of ether oxygens (including phenoxy) is 1. The van der Waals surface area contributed by atoms with Gasteiger partial charge in [-0.3, -0.25) is 4.90 Å². The number of aromatic nitrogens is 1. The topological polar surface area (TPSA) is 58.7 Å². The van der Waals surface area contributed by atoms with Gasteiger partial charge < -0.3 is 14.3 Å². The predicted molar refractivity (Wildman–Crippen MR) is 97.8 cm³/mol. The normalized spacial score (nSPS) is 16.4. The Morgan fingerprint density at radius 3 is 2.56 bits per heavy atom. The number of benzene rings is 1. The summed E-state index contributed by atoms with van der Waals surface area (Å²) in [5.41, 5.74) is 4.27. The minimum absolute atomic E-state index is 0.303. The molecular formula is C20H28N2O3. The highest BCUT2D eigenvalue weighted by atomic mass is 16.5. The zero-order valence-electron chi connectivity index (χ0n) is 15.6. The van der Waals surface area contributed by atoms with E-state index in [1.807, 2.05) is 19.1 Å². The number of nitrogens with zero attached hydrogens (tertiary/aromatic N) is 2. The van der Waals surface area contributed by atoms with E-state index in [2.05, 4.69) is 18.7 Å². The highest BCUT2D eigenvalue weighted by Gasteiger charge is 2.21. The van der Waals surface area contributed by atoms with E-state index in [4.69, 9.17) is 14.1 Å². The third-order valence-electron chi connectivity index (χ3n) is 5.42. The Morgan fingerprint density at radius 1 is 1.20 bits per heavy atom. The van der Waals surface area contributed by atoms with Crippen molar-refractivity contribution in [2.24, 2.45) is 5.92 Å². The van der Waals surface area contributed by atoms with Crippen molar-refractivity contribution < 1.29 is 14.3 Å². The highest BCUT2D eigenvalue weighted by Crippen LogP contribution is 2.32. The van der Waals surface area contributed by atoms with Crippen LogP contribution in [-0.4, -0.2) is 41.8 Å². The van der Waals surface area contributed by atoms with Gasteiger partial charge in [0.05, 0.1) is 12.8 Å². The number of aliphatic hydroxyl groups excluding tert-OH is 1. The molecule has 0 saturated carbocycles. The summed E-state index contributed by atoms with van der Waals surface area (Å²) in [6.45, 7) is 9.24. The molecule has 2 aromatic rings. The van der Waals surface area contributed by atoms with Crippen LogP contribution in [0.3, 0.4) is 0 Å². The lowest BCUT2D eigenvalue weighted by Gasteiger charge is -2.30. The van der Waals surface area contributed by atoms with Gasteiger partial charge in [0.15, 0.2) is 0 Å². The van der Waals surface area contributed by atoms with E-state index in [9.17, 15) is 5.11 Å². The van der Waals surface area contributed by atoms with Crippen LogP contribution in [0, 0.1) is 26.7 Å². The molecule has 136 valence electrons. The van der Waals surface area contributed by atoms with Gasteiger partial charge in [0, 0.05) is 18.7 Å². The lowest BCUT2D eigenvalue weighted by atomic mass is 9.98. The lowest BCUT2D eigenvalue weighted by Crippen LogP contribution is -2.34. The molecule has 0 spiro atoms. The Balaban J connectivity index is 1.78. The molecule has 0 amide bonds. The molecule has 0 atom stereocenters. The molecular weight excluding hydrogens is 316 g/mol. The number of methoxy groups -OCH3 is 1. The quantitative estimate of drug-likeness (QED) is 0.900. The Bertz CT molecular complexity index is 731. The first-order valence-electron chi connectivity index (χ1n) is 8.97. The van der Waals surface area contributed by atoms with Crippen LogP contribution in [0.25, 0.3) is 11.5 Å². The van der Waals surface area contributed by atoms with Gasteiger partial charge in [-0.05, 0) is 75.9 Å². The maximum atomic E-state index is 9.27. The van der Waals surface area contributed by atoms with Crippen LogP contribution in [0.1, 0.15) is 35.4 Å². The summed E-state index contributed by atoms with van der Waals surface area (Å²) in [5, 5.41) is 9.27. The monoisotopic (exact) mass is 344 g/mol. The minimum atomic E-state index is 0.303. The summed E-state index contributed by atoms with van der Waals surface area (Å²) < 4.78 is 11.4. The predicted octanol–water partition coefficient (Wildman–Crippen LogP) is 3.48. The molecule has 1 N–H and O–H groups in total. The molecule has 1 aromatic carbocycles. The van der Waals surface area contributed by atoms with Crippen molar-refractivity contribution in [1.82, 2.24) is 9.88 Å². The first-order valence-corrected chi connectivity index (χ1v) is 8.97.